The van der Waals surface area contributed by atoms with Crippen molar-refractivity contribution in [1.82, 2.24) is 5.32 Å². The summed E-state index contributed by atoms with van der Waals surface area (Å²) >= 11 is 1.27. The Bertz CT molecular complexity index is 930. The minimum Gasteiger partial charge on any atom is -0.354 e. The lowest BCUT2D eigenvalue weighted by Crippen LogP contribution is -2.31. The van der Waals surface area contributed by atoms with Gasteiger partial charge in [0.1, 0.15) is 16.7 Å². The fourth-order valence-electron chi connectivity index (χ4n) is 2.87. The van der Waals surface area contributed by atoms with Crippen LogP contribution in [0.25, 0.3) is 0 Å². The van der Waals surface area contributed by atoms with Gasteiger partial charge in [-0.05, 0) is 31.0 Å². The van der Waals surface area contributed by atoms with E-state index in [0.717, 1.165) is 11.1 Å². The number of hydrogen-bond donors (Lipinski definition) is 1. The molecule has 1 atom stereocenters. The zero-order valence-corrected chi connectivity index (χ0v) is 15.9. The van der Waals surface area contributed by atoms with E-state index in [9.17, 15) is 14.9 Å². The summed E-state index contributed by atoms with van der Waals surface area (Å²) in [5, 5.41) is 12.0. The fourth-order valence-corrected chi connectivity index (χ4v) is 4.18. The van der Waals surface area contributed by atoms with Gasteiger partial charge < -0.3 is 5.32 Å². The van der Waals surface area contributed by atoms with Crippen molar-refractivity contribution in [3.63, 3.8) is 0 Å². The van der Waals surface area contributed by atoms with Crippen molar-refractivity contribution in [2.45, 2.75) is 18.6 Å². The van der Waals surface area contributed by atoms with Crippen LogP contribution in [0.15, 0.2) is 65.2 Å². The maximum absolute atomic E-state index is 13.2. The van der Waals surface area contributed by atoms with E-state index in [-0.39, 0.29) is 11.5 Å². The third kappa shape index (κ3) is 3.88. The van der Waals surface area contributed by atoms with Crippen LogP contribution in [0.2, 0.25) is 0 Å². The second-order valence-electron chi connectivity index (χ2n) is 6.18. The van der Waals surface area contributed by atoms with Gasteiger partial charge in [0, 0.05) is 12.7 Å². The number of rotatable bonds is 4. The van der Waals surface area contributed by atoms with E-state index in [4.69, 9.17) is 0 Å². The molecule has 2 aromatic rings. The number of hydrogen-bond acceptors (Lipinski definition) is 4. The molecule has 1 aliphatic rings. The second kappa shape index (κ2) is 8.11. The Morgan fingerprint density at radius 1 is 1.19 bits per heavy atom. The van der Waals surface area contributed by atoms with Gasteiger partial charge in [-0.15, -0.1) is 0 Å². The van der Waals surface area contributed by atoms with Crippen molar-refractivity contribution in [3.05, 3.63) is 76.3 Å². The summed E-state index contributed by atoms with van der Waals surface area (Å²) in [7, 11) is 1.47. The van der Waals surface area contributed by atoms with Crippen LogP contribution in [-0.4, -0.2) is 24.1 Å². The molecule has 2 amide bonds. The zero-order valence-electron chi connectivity index (χ0n) is 15.1. The van der Waals surface area contributed by atoms with Crippen LogP contribution >= 0.6 is 11.8 Å². The van der Waals surface area contributed by atoms with Crippen molar-refractivity contribution in [2.75, 3.05) is 11.9 Å². The molecule has 1 N–H and O–H groups in total. The first-order valence-electron chi connectivity index (χ1n) is 8.53. The highest BCUT2D eigenvalue weighted by Crippen LogP contribution is 2.41. The molecule has 136 valence electrons. The number of aryl methyl sites for hydroxylation is 1. The van der Waals surface area contributed by atoms with Crippen molar-refractivity contribution < 1.29 is 9.59 Å². The normalized spacial score (nSPS) is 18.2. The fraction of sp³-hybridized carbons (Fsp3) is 0.190. The maximum Gasteiger partial charge on any atom is 0.264 e. The summed E-state index contributed by atoms with van der Waals surface area (Å²) in [5.41, 5.74) is 2.70. The van der Waals surface area contributed by atoms with E-state index in [1.54, 1.807) is 0 Å². The molecule has 1 saturated heterocycles. The summed E-state index contributed by atoms with van der Waals surface area (Å²) in [6.45, 7) is 1.96. The van der Waals surface area contributed by atoms with Crippen LogP contribution in [0.3, 0.4) is 0 Å². The number of nitrogens with zero attached hydrogens (tertiary/aromatic N) is 2. The predicted molar refractivity (Wildman–Crippen MR) is 107 cm³/mol. The minimum absolute atomic E-state index is 0.0491. The number of benzene rings is 2. The van der Waals surface area contributed by atoms with E-state index in [1.807, 2.05) is 67.6 Å². The molecule has 2 aromatic carbocycles. The maximum atomic E-state index is 13.2. The van der Waals surface area contributed by atoms with Gasteiger partial charge in [0.15, 0.2) is 0 Å². The summed E-state index contributed by atoms with van der Waals surface area (Å²) in [5.74, 6) is -0.621. The molecule has 27 heavy (non-hydrogen) atoms. The highest BCUT2D eigenvalue weighted by molar-refractivity contribution is 8.05. The molecular weight excluding hydrogens is 358 g/mol. The van der Waals surface area contributed by atoms with Gasteiger partial charge >= 0.3 is 0 Å². The third-order valence-electron chi connectivity index (χ3n) is 4.29. The van der Waals surface area contributed by atoms with Crippen LogP contribution in [0.5, 0.6) is 0 Å². The third-order valence-corrected chi connectivity index (χ3v) is 5.55. The average Bonchev–Trinajstić information content (AvgIpc) is 3.00. The van der Waals surface area contributed by atoms with E-state index in [0.29, 0.717) is 17.1 Å². The summed E-state index contributed by atoms with van der Waals surface area (Å²) in [6.07, 6.45) is 0.530. The smallest absolute Gasteiger partial charge is 0.264 e. The van der Waals surface area contributed by atoms with Gasteiger partial charge in [-0.3, -0.25) is 14.5 Å². The van der Waals surface area contributed by atoms with Crippen LogP contribution < -0.4 is 10.2 Å². The number of likely N-dealkylation sites (N-methyl/N-ethyl adjacent to an activating group) is 1. The van der Waals surface area contributed by atoms with Gasteiger partial charge in [-0.2, -0.15) is 5.26 Å². The number of nitriles is 1. The standard InChI is InChI=1S/C21H19N3O2S/c1-14-8-10-16(11-9-14)24-20(26)18(12-15-6-4-3-5-7-15)27-21(24)17(13-22)19(25)23-2/h3-11,18H,12H2,1-2H3,(H,23,25). The highest BCUT2D eigenvalue weighted by Gasteiger charge is 2.40. The molecule has 0 radical (unpaired) electrons. The van der Waals surface area contributed by atoms with Gasteiger partial charge in [-0.25, -0.2) is 0 Å². The van der Waals surface area contributed by atoms with Gasteiger partial charge in [0.05, 0.1) is 5.25 Å². The Balaban J connectivity index is 2.04. The molecule has 0 aliphatic carbocycles. The first kappa shape index (κ1) is 18.7. The van der Waals surface area contributed by atoms with Crippen LogP contribution in [0.4, 0.5) is 5.69 Å². The monoisotopic (exact) mass is 377 g/mol. The Hall–Kier alpha value is -3.04. The van der Waals surface area contributed by atoms with E-state index >= 15 is 0 Å². The molecular formula is C21H19N3O2S. The summed E-state index contributed by atoms with van der Waals surface area (Å²) in [6, 6.07) is 19.2. The quantitative estimate of drug-likeness (QED) is 0.656. The number of anilines is 1. The number of thioether (sulfide) groups is 1. The van der Waals surface area contributed by atoms with E-state index in [2.05, 4.69) is 5.32 Å². The second-order valence-corrected chi connectivity index (χ2v) is 7.37. The minimum atomic E-state index is -0.495. The molecule has 1 heterocycles. The number of carbonyl (C=O) groups excluding carboxylic acids is 2. The zero-order chi connectivity index (χ0) is 19.4. The highest BCUT2D eigenvalue weighted by atomic mass is 32.2. The van der Waals surface area contributed by atoms with Crippen molar-refractivity contribution in [3.8, 4) is 6.07 Å². The van der Waals surface area contributed by atoms with Crippen LogP contribution in [-0.2, 0) is 16.0 Å². The van der Waals surface area contributed by atoms with Crippen molar-refractivity contribution >= 4 is 29.3 Å². The molecule has 1 aliphatic heterocycles. The predicted octanol–water partition coefficient (Wildman–Crippen LogP) is 3.17. The van der Waals surface area contributed by atoms with Gasteiger partial charge in [-0.1, -0.05) is 59.8 Å². The van der Waals surface area contributed by atoms with Gasteiger partial charge in [0.2, 0.25) is 5.91 Å². The molecule has 0 aromatic heterocycles. The first-order chi connectivity index (χ1) is 13.0. The van der Waals surface area contributed by atoms with Crippen molar-refractivity contribution in [2.24, 2.45) is 0 Å². The molecule has 1 fully saturated rings. The largest absolute Gasteiger partial charge is 0.354 e. The summed E-state index contributed by atoms with van der Waals surface area (Å²) in [4.78, 5) is 26.8. The van der Waals surface area contributed by atoms with E-state index < -0.39 is 11.2 Å². The average molecular weight is 377 g/mol. The Morgan fingerprint density at radius 3 is 2.44 bits per heavy atom. The van der Waals surface area contributed by atoms with Crippen LogP contribution in [0.1, 0.15) is 11.1 Å². The lowest BCUT2D eigenvalue weighted by Gasteiger charge is -2.18. The van der Waals surface area contributed by atoms with E-state index in [1.165, 1.54) is 23.7 Å². The Morgan fingerprint density at radius 2 is 1.85 bits per heavy atom. The number of carbonyl (C=O) groups is 2. The Labute approximate surface area is 162 Å². The molecule has 3 rings (SSSR count). The number of amides is 2. The summed E-state index contributed by atoms with van der Waals surface area (Å²) < 4.78 is 0. The first-order valence-corrected chi connectivity index (χ1v) is 9.40. The number of nitrogens with one attached hydrogen (secondary N) is 1. The molecule has 5 nitrogen and oxygen atoms in total. The topological polar surface area (TPSA) is 73.2 Å². The SMILES string of the molecule is CNC(=O)C(C#N)=C1SC(Cc2ccccc2)C(=O)N1c1ccc(C)cc1. The molecule has 0 saturated carbocycles. The molecule has 0 bridgehead atoms. The van der Waals surface area contributed by atoms with Crippen LogP contribution in [0, 0.1) is 18.3 Å². The Kier molecular flexibility index (Phi) is 5.63. The molecule has 0 spiro atoms. The lowest BCUT2D eigenvalue weighted by atomic mass is 10.1. The lowest BCUT2D eigenvalue weighted by molar-refractivity contribution is -0.117. The van der Waals surface area contributed by atoms with Gasteiger partial charge in [0.25, 0.3) is 5.91 Å². The van der Waals surface area contributed by atoms with Crippen molar-refractivity contribution in [1.29, 1.82) is 5.26 Å². The molecule has 6 heteroatoms. The molecule has 1 unspecified atom stereocenters.